The number of hydrogen-bond acceptors (Lipinski definition) is 2. The van der Waals surface area contributed by atoms with Crippen LogP contribution in [0.4, 0.5) is 0 Å². The quantitative estimate of drug-likeness (QED) is 0.762. The zero-order chi connectivity index (χ0) is 14.4. The Morgan fingerprint density at radius 3 is 2.75 bits per heavy atom. The molecule has 1 aromatic rings. The molecule has 2 rings (SSSR count). The van der Waals surface area contributed by atoms with E-state index >= 15 is 0 Å². The lowest BCUT2D eigenvalue weighted by molar-refractivity contribution is 0.0610. The number of nitrogens with zero attached hydrogens (tertiary/aromatic N) is 1. The number of piperidine rings is 1. The second-order valence-electron chi connectivity index (χ2n) is 5.08. The fourth-order valence-corrected chi connectivity index (χ4v) is 3.25. The van der Waals surface area contributed by atoms with Gasteiger partial charge in [0.1, 0.15) is 5.75 Å². The molecule has 4 heteroatoms. The normalized spacial score (nSPS) is 18.9. The first-order chi connectivity index (χ1) is 9.76. The van der Waals surface area contributed by atoms with Gasteiger partial charge < -0.3 is 9.64 Å². The molecule has 0 aromatic heterocycles. The first-order valence-electron chi connectivity index (χ1n) is 7.36. The fourth-order valence-electron chi connectivity index (χ4n) is 2.72. The van der Waals surface area contributed by atoms with E-state index in [-0.39, 0.29) is 5.91 Å². The highest BCUT2D eigenvalue weighted by Crippen LogP contribution is 2.23. The van der Waals surface area contributed by atoms with Crippen molar-refractivity contribution >= 4 is 21.8 Å². The molecule has 110 valence electrons. The number of alkyl halides is 1. The number of rotatable bonds is 5. The van der Waals surface area contributed by atoms with Crippen molar-refractivity contribution in [2.75, 3.05) is 18.5 Å². The molecule has 1 amide bonds. The van der Waals surface area contributed by atoms with Crippen molar-refractivity contribution in [3.63, 3.8) is 0 Å². The van der Waals surface area contributed by atoms with Crippen LogP contribution < -0.4 is 4.74 Å². The van der Waals surface area contributed by atoms with Crippen LogP contribution in [-0.2, 0) is 0 Å². The first-order valence-corrected chi connectivity index (χ1v) is 8.48. The number of likely N-dealkylation sites (tertiary alicyclic amines) is 1. The van der Waals surface area contributed by atoms with Gasteiger partial charge in [-0.3, -0.25) is 4.79 Å². The van der Waals surface area contributed by atoms with Gasteiger partial charge in [0.15, 0.2) is 0 Å². The maximum atomic E-state index is 12.6. The SMILES string of the molecule is CCOc1ccc(C(=O)N2CCCCC2CCBr)cc1. The Labute approximate surface area is 129 Å². The zero-order valence-electron chi connectivity index (χ0n) is 12.0. The van der Waals surface area contributed by atoms with Gasteiger partial charge in [-0.25, -0.2) is 0 Å². The Kier molecular flexibility index (Phi) is 5.89. The Morgan fingerprint density at radius 2 is 2.10 bits per heavy atom. The number of carbonyl (C=O) groups is 1. The van der Waals surface area contributed by atoms with Crippen LogP contribution in [0.1, 0.15) is 43.0 Å². The molecule has 0 bridgehead atoms. The summed E-state index contributed by atoms with van der Waals surface area (Å²) in [6, 6.07) is 7.86. The molecule has 0 aliphatic carbocycles. The van der Waals surface area contributed by atoms with E-state index in [4.69, 9.17) is 4.74 Å². The van der Waals surface area contributed by atoms with Gasteiger partial charge in [-0.15, -0.1) is 0 Å². The highest BCUT2D eigenvalue weighted by molar-refractivity contribution is 9.09. The lowest BCUT2D eigenvalue weighted by Crippen LogP contribution is -2.43. The average molecular weight is 340 g/mol. The summed E-state index contributed by atoms with van der Waals surface area (Å²) in [5, 5.41) is 0.949. The van der Waals surface area contributed by atoms with E-state index in [1.54, 1.807) is 0 Å². The molecule has 1 aliphatic heterocycles. The van der Waals surface area contributed by atoms with Gasteiger partial charge >= 0.3 is 0 Å². The molecule has 3 nitrogen and oxygen atoms in total. The van der Waals surface area contributed by atoms with Crippen molar-refractivity contribution in [1.29, 1.82) is 0 Å². The third kappa shape index (κ3) is 3.75. The predicted octanol–water partition coefficient (Wildman–Crippen LogP) is 3.87. The molecule has 1 unspecified atom stereocenters. The summed E-state index contributed by atoms with van der Waals surface area (Å²) in [7, 11) is 0. The topological polar surface area (TPSA) is 29.5 Å². The monoisotopic (exact) mass is 339 g/mol. The standard InChI is InChI=1S/C16H22BrNO2/c1-2-20-15-8-6-13(7-9-15)16(19)18-12-4-3-5-14(18)10-11-17/h6-9,14H,2-5,10-12H2,1H3. The average Bonchev–Trinajstić information content (AvgIpc) is 2.49. The molecule has 1 saturated heterocycles. The van der Waals surface area contributed by atoms with Crippen molar-refractivity contribution in [3.8, 4) is 5.75 Å². The number of carbonyl (C=O) groups excluding carboxylic acids is 1. The molecule has 0 N–H and O–H groups in total. The number of halogens is 1. The number of benzene rings is 1. The Balaban J connectivity index is 2.08. The summed E-state index contributed by atoms with van der Waals surface area (Å²) in [5.41, 5.74) is 0.759. The second-order valence-corrected chi connectivity index (χ2v) is 5.88. The Hall–Kier alpha value is -1.03. The third-order valence-corrected chi connectivity index (χ3v) is 4.20. The van der Waals surface area contributed by atoms with Crippen LogP contribution in [0.2, 0.25) is 0 Å². The minimum absolute atomic E-state index is 0.152. The maximum Gasteiger partial charge on any atom is 0.254 e. The second kappa shape index (κ2) is 7.67. The molecule has 1 fully saturated rings. The molecule has 0 spiro atoms. The molecule has 1 atom stereocenters. The molecule has 20 heavy (non-hydrogen) atoms. The van der Waals surface area contributed by atoms with Gasteiger partial charge in [-0.1, -0.05) is 15.9 Å². The summed E-state index contributed by atoms with van der Waals surface area (Å²) in [5.74, 6) is 0.971. The van der Waals surface area contributed by atoms with Crippen molar-refractivity contribution in [2.45, 2.75) is 38.6 Å². The van der Waals surface area contributed by atoms with Crippen molar-refractivity contribution in [2.24, 2.45) is 0 Å². The molecular weight excluding hydrogens is 318 g/mol. The van der Waals surface area contributed by atoms with Gasteiger partial charge in [-0.2, -0.15) is 0 Å². The van der Waals surface area contributed by atoms with Crippen LogP contribution in [0.5, 0.6) is 5.75 Å². The van der Waals surface area contributed by atoms with E-state index in [1.165, 1.54) is 6.42 Å². The van der Waals surface area contributed by atoms with E-state index in [0.717, 1.165) is 42.5 Å². The van der Waals surface area contributed by atoms with E-state index < -0.39 is 0 Å². The third-order valence-electron chi connectivity index (χ3n) is 3.74. The van der Waals surface area contributed by atoms with Gasteiger partial charge in [0.05, 0.1) is 6.61 Å². The van der Waals surface area contributed by atoms with Gasteiger partial charge in [0.25, 0.3) is 5.91 Å². The van der Waals surface area contributed by atoms with Gasteiger partial charge in [0.2, 0.25) is 0 Å². The summed E-state index contributed by atoms with van der Waals surface area (Å²) in [6.45, 7) is 3.48. The fraction of sp³-hybridized carbons (Fsp3) is 0.562. The van der Waals surface area contributed by atoms with E-state index in [2.05, 4.69) is 15.9 Å². The number of ether oxygens (including phenoxy) is 1. The minimum atomic E-state index is 0.152. The molecule has 1 aromatic carbocycles. The number of hydrogen-bond donors (Lipinski definition) is 0. The minimum Gasteiger partial charge on any atom is -0.494 e. The summed E-state index contributed by atoms with van der Waals surface area (Å²) in [4.78, 5) is 14.7. The highest BCUT2D eigenvalue weighted by Gasteiger charge is 2.26. The summed E-state index contributed by atoms with van der Waals surface area (Å²) < 4.78 is 5.41. The molecule has 1 heterocycles. The molecular formula is C16H22BrNO2. The smallest absolute Gasteiger partial charge is 0.254 e. The van der Waals surface area contributed by atoms with E-state index in [0.29, 0.717) is 12.6 Å². The lowest BCUT2D eigenvalue weighted by Gasteiger charge is -2.35. The Morgan fingerprint density at radius 1 is 1.35 bits per heavy atom. The maximum absolute atomic E-state index is 12.6. The lowest BCUT2D eigenvalue weighted by atomic mass is 9.99. The predicted molar refractivity (Wildman–Crippen MR) is 84.7 cm³/mol. The van der Waals surface area contributed by atoms with Crippen molar-refractivity contribution < 1.29 is 9.53 Å². The molecule has 0 radical (unpaired) electrons. The van der Waals surface area contributed by atoms with Crippen molar-refractivity contribution in [1.82, 2.24) is 4.90 Å². The van der Waals surface area contributed by atoms with E-state index in [9.17, 15) is 4.79 Å². The first kappa shape index (κ1) is 15.4. The van der Waals surface area contributed by atoms with Gasteiger partial charge in [-0.05, 0) is 56.9 Å². The number of amides is 1. The van der Waals surface area contributed by atoms with Crippen LogP contribution in [0, 0.1) is 0 Å². The van der Waals surface area contributed by atoms with Crippen LogP contribution in [0.15, 0.2) is 24.3 Å². The molecule has 1 aliphatic rings. The largest absolute Gasteiger partial charge is 0.494 e. The van der Waals surface area contributed by atoms with Crippen LogP contribution in [0.25, 0.3) is 0 Å². The zero-order valence-corrected chi connectivity index (χ0v) is 13.6. The summed E-state index contributed by atoms with van der Waals surface area (Å²) >= 11 is 3.49. The van der Waals surface area contributed by atoms with Crippen LogP contribution >= 0.6 is 15.9 Å². The Bertz CT molecular complexity index is 431. The van der Waals surface area contributed by atoms with Crippen molar-refractivity contribution in [3.05, 3.63) is 29.8 Å². The summed E-state index contributed by atoms with van der Waals surface area (Å²) in [6.07, 6.45) is 4.49. The van der Waals surface area contributed by atoms with Crippen LogP contribution in [-0.4, -0.2) is 35.3 Å². The van der Waals surface area contributed by atoms with E-state index in [1.807, 2.05) is 36.1 Å². The molecule has 0 saturated carbocycles. The van der Waals surface area contributed by atoms with Gasteiger partial charge in [0, 0.05) is 23.5 Å². The van der Waals surface area contributed by atoms with Crippen LogP contribution in [0.3, 0.4) is 0 Å². The highest BCUT2D eigenvalue weighted by atomic mass is 79.9.